The predicted octanol–water partition coefficient (Wildman–Crippen LogP) is 3.99. The molecule has 3 atom stereocenters. The number of amides is 2. The van der Waals surface area contributed by atoms with Gasteiger partial charge in [-0.3, -0.25) is 9.59 Å². The maximum Gasteiger partial charge on any atom is 0.227 e. The molecule has 0 unspecified atom stereocenters. The lowest BCUT2D eigenvalue weighted by atomic mass is 9.95. The molecular weight excluding hydrogens is 336 g/mol. The van der Waals surface area contributed by atoms with Gasteiger partial charge in [-0.1, -0.05) is 74.5 Å². The minimum Gasteiger partial charge on any atom is -0.354 e. The van der Waals surface area contributed by atoms with Gasteiger partial charge in [-0.15, -0.1) is 0 Å². The summed E-state index contributed by atoms with van der Waals surface area (Å²) in [5.74, 6) is -0.334. The largest absolute Gasteiger partial charge is 0.354 e. The third-order valence-electron chi connectivity index (χ3n) is 4.82. The van der Waals surface area contributed by atoms with Crippen LogP contribution in [0, 0.1) is 0 Å². The summed E-state index contributed by atoms with van der Waals surface area (Å²) in [7, 11) is 0. The number of hydrogen-bond acceptors (Lipinski definition) is 2. The molecule has 0 aromatic heterocycles. The molecule has 2 N–H and O–H groups in total. The van der Waals surface area contributed by atoms with E-state index in [0.29, 0.717) is 6.54 Å². The van der Waals surface area contributed by atoms with E-state index >= 15 is 0 Å². The molecule has 2 amide bonds. The highest BCUT2D eigenvalue weighted by Crippen LogP contribution is 2.20. The average molecular weight is 367 g/mol. The van der Waals surface area contributed by atoms with Crippen LogP contribution in [-0.2, 0) is 9.59 Å². The molecule has 0 bridgehead atoms. The quantitative estimate of drug-likeness (QED) is 0.705. The molecule has 0 heterocycles. The molecule has 2 aromatic rings. The zero-order valence-electron chi connectivity index (χ0n) is 16.4. The van der Waals surface area contributed by atoms with Gasteiger partial charge < -0.3 is 10.6 Å². The van der Waals surface area contributed by atoms with Crippen molar-refractivity contribution in [3.63, 3.8) is 0 Å². The van der Waals surface area contributed by atoms with Gasteiger partial charge in [0.15, 0.2) is 0 Å². The molecule has 0 fully saturated rings. The van der Waals surface area contributed by atoms with Gasteiger partial charge in [0.05, 0.1) is 11.8 Å². The van der Waals surface area contributed by atoms with E-state index in [1.807, 2.05) is 81.4 Å². The monoisotopic (exact) mass is 366 g/mol. The first-order chi connectivity index (χ1) is 13.1. The lowest BCUT2D eigenvalue weighted by molar-refractivity contribution is -0.125. The molecule has 0 aliphatic heterocycles. The van der Waals surface area contributed by atoms with E-state index in [0.717, 1.165) is 24.0 Å². The van der Waals surface area contributed by atoms with Crippen molar-refractivity contribution < 1.29 is 9.59 Å². The molecule has 0 saturated carbocycles. The molecule has 27 heavy (non-hydrogen) atoms. The van der Waals surface area contributed by atoms with Crippen LogP contribution in [0.25, 0.3) is 0 Å². The molecular formula is C23H30N2O2. The Hall–Kier alpha value is -2.62. The number of carbonyl (C=O) groups excluding carboxylic acids is 2. The van der Waals surface area contributed by atoms with Crippen LogP contribution in [0.4, 0.5) is 0 Å². The SMILES string of the molecule is CC[C@H](C(=O)NC[C@H](C)NC(=O)[C@H](CC)c1ccccc1)c1ccccc1. The summed E-state index contributed by atoms with van der Waals surface area (Å²) in [6, 6.07) is 19.5. The summed E-state index contributed by atoms with van der Waals surface area (Å²) in [5, 5.41) is 6.01. The smallest absolute Gasteiger partial charge is 0.227 e. The molecule has 4 nitrogen and oxygen atoms in total. The standard InChI is InChI=1S/C23H30N2O2/c1-4-20(18-12-8-6-9-13-18)22(26)24-16-17(3)25-23(27)21(5-2)19-14-10-7-11-15-19/h6-15,17,20-21H,4-5,16H2,1-3H3,(H,24,26)(H,25,27)/t17-,20-,21+/m0/s1. The number of benzene rings is 2. The van der Waals surface area contributed by atoms with Crippen molar-refractivity contribution in [1.82, 2.24) is 10.6 Å². The zero-order valence-corrected chi connectivity index (χ0v) is 16.4. The summed E-state index contributed by atoms with van der Waals surface area (Å²) in [6.45, 7) is 6.35. The summed E-state index contributed by atoms with van der Waals surface area (Å²) in [6.07, 6.45) is 1.48. The Balaban J connectivity index is 1.88. The number of nitrogens with one attached hydrogen (secondary N) is 2. The van der Waals surface area contributed by atoms with E-state index in [1.165, 1.54) is 0 Å². The fourth-order valence-electron chi connectivity index (χ4n) is 3.29. The Bertz CT molecular complexity index is 716. The van der Waals surface area contributed by atoms with Gasteiger partial charge in [0.2, 0.25) is 11.8 Å². The van der Waals surface area contributed by atoms with Crippen LogP contribution in [0.15, 0.2) is 60.7 Å². The second kappa shape index (κ2) is 10.5. The summed E-state index contributed by atoms with van der Waals surface area (Å²) >= 11 is 0. The van der Waals surface area contributed by atoms with Gasteiger partial charge in [-0.2, -0.15) is 0 Å². The van der Waals surface area contributed by atoms with E-state index in [9.17, 15) is 9.59 Å². The lowest BCUT2D eigenvalue weighted by Gasteiger charge is -2.21. The Morgan fingerprint density at radius 3 is 1.67 bits per heavy atom. The van der Waals surface area contributed by atoms with Gasteiger partial charge in [0.25, 0.3) is 0 Å². The van der Waals surface area contributed by atoms with E-state index < -0.39 is 0 Å². The van der Waals surface area contributed by atoms with Crippen molar-refractivity contribution in [2.24, 2.45) is 0 Å². The molecule has 4 heteroatoms. The fourth-order valence-corrected chi connectivity index (χ4v) is 3.29. The van der Waals surface area contributed by atoms with Crippen molar-refractivity contribution in [3.05, 3.63) is 71.8 Å². The Morgan fingerprint density at radius 1 is 0.778 bits per heavy atom. The van der Waals surface area contributed by atoms with Crippen LogP contribution in [0.3, 0.4) is 0 Å². The number of rotatable bonds is 9. The Morgan fingerprint density at radius 2 is 1.22 bits per heavy atom. The van der Waals surface area contributed by atoms with Crippen LogP contribution in [0.2, 0.25) is 0 Å². The number of carbonyl (C=O) groups is 2. The van der Waals surface area contributed by atoms with Gasteiger partial charge in [-0.25, -0.2) is 0 Å². The highest BCUT2D eigenvalue weighted by molar-refractivity contribution is 5.85. The van der Waals surface area contributed by atoms with Gasteiger partial charge >= 0.3 is 0 Å². The van der Waals surface area contributed by atoms with Gasteiger partial charge in [-0.05, 0) is 30.9 Å². The lowest BCUT2D eigenvalue weighted by Crippen LogP contribution is -2.44. The van der Waals surface area contributed by atoms with E-state index in [4.69, 9.17) is 0 Å². The molecule has 0 radical (unpaired) electrons. The van der Waals surface area contributed by atoms with Crippen molar-refractivity contribution in [2.45, 2.75) is 51.5 Å². The predicted molar refractivity (Wildman–Crippen MR) is 110 cm³/mol. The van der Waals surface area contributed by atoms with Crippen molar-refractivity contribution in [2.75, 3.05) is 6.54 Å². The third-order valence-corrected chi connectivity index (χ3v) is 4.82. The summed E-state index contributed by atoms with van der Waals surface area (Å²) in [4.78, 5) is 25.2. The summed E-state index contributed by atoms with van der Waals surface area (Å²) < 4.78 is 0. The minimum atomic E-state index is -0.169. The van der Waals surface area contributed by atoms with Crippen molar-refractivity contribution in [3.8, 4) is 0 Å². The first-order valence-electron chi connectivity index (χ1n) is 9.74. The van der Waals surface area contributed by atoms with Crippen LogP contribution < -0.4 is 10.6 Å². The molecule has 2 aromatic carbocycles. The third kappa shape index (κ3) is 5.95. The van der Waals surface area contributed by atoms with Crippen molar-refractivity contribution >= 4 is 11.8 Å². The maximum absolute atomic E-state index is 12.6. The molecule has 144 valence electrons. The molecule has 0 aliphatic rings. The minimum absolute atomic E-state index is 0.0000927. The second-order valence-electron chi connectivity index (χ2n) is 6.90. The first kappa shape index (κ1) is 20.7. The molecule has 0 saturated heterocycles. The molecule has 0 spiro atoms. The van der Waals surface area contributed by atoms with Crippen LogP contribution in [0.5, 0.6) is 0 Å². The fraction of sp³-hybridized carbons (Fsp3) is 0.391. The highest BCUT2D eigenvalue weighted by atomic mass is 16.2. The van der Waals surface area contributed by atoms with Gasteiger partial charge in [0.1, 0.15) is 0 Å². The van der Waals surface area contributed by atoms with Crippen LogP contribution in [0.1, 0.15) is 56.6 Å². The normalized spacial score (nSPS) is 14.0. The van der Waals surface area contributed by atoms with Crippen LogP contribution in [-0.4, -0.2) is 24.4 Å². The second-order valence-corrected chi connectivity index (χ2v) is 6.90. The topological polar surface area (TPSA) is 58.2 Å². The first-order valence-corrected chi connectivity index (χ1v) is 9.74. The zero-order chi connectivity index (χ0) is 19.6. The Labute approximate surface area is 162 Å². The highest BCUT2D eigenvalue weighted by Gasteiger charge is 2.22. The maximum atomic E-state index is 12.6. The van der Waals surface area contributed by atoms with E-state index in [2.05, 4.69) is 10.6 Å². The summed E-state index contributed by atoms with van der Waals surface area (Å²) in [5.41, 5.74) is 2.04. The molecule has 2 rings (SSSR count). The Kier molecular flexibility index (Phi) is 8.05. The van der Waals surface area contributed by atoms with E-state index in [1.54, 1.807) is 0 Å². The molecule has 0 aliphatic carbocycles. The van der Waals surface area contributed by atoms with Crippen molar-refractivity contribution in [1.29, 1.82) is 0 Å². The van der Waals surface area contributed by atoms with E-state index in [-0.39, 0.29) is 29.7 Å². The van der Waals surface area contributed by atoms with Gasteiger partial charge in [0, 0.05) is 12.6 Å². The average Bonchev–Trinajstić information content (AvgIpc) is 2.69. The van der Waals surface area contributed by atoms with Crippen LogP contribution >= 0.6 is 0 Å². The number of hydrogen-bond donors (Lipinski definition) is 2.